The molecule has 0 radical (unpaired) electrons. The maximum atomic E-state index is 14.1. The summed E-state index contributed by atoms with van der Waals surface area (Å²) in [5, 5.41) is 5.79. The van der Waals surface area contributed by atoms with Crippen molar-refractivity contribution in [3.05, 3.63) is 41.9 Å². The molecule has 10 heteroatoms. The van der Waals surface area contributed by atoms with Crippen LogP contribution in [0.1, 0.15) is 65.2 Å². The predicted octanol–water partition coefficient (Wildman–Crippen LogP) is 3.51. The van der Waals surface area contributed by atoms with Crippen LogP contribution in [-0.2, 0) is 14.4 Å². The third-order valence-corrected chi connectivity index (χ3v) is 6.57. The number of H-pyrrole nitrogens is 1. The minimum Gasteiger partial charge on any atom is -0.345 e. The van der Waals surface area contributed by atoms with Gasteiger partial charge in [-0.1, -0.05) is 13.8 Å². The van der Waals surface area contributed by atoms with E-state index in [-0.39, 0.29) is 42.2 Å². The zero-order valence-electron chi connectivity index (χ0n) is 21.2. The van der Waals surface area contributed by atoms with E-state index < -0.39 is 29.6 Å². The number of imidazole rings is 1. The summed E-state index contributed by atoms with van der Waals surface area (Å²) in [4.78, 5) is 47.4. The number of amides is 2. The molecule has 0 bridgehead atoms. The fraction of sp³-hybridized carbons (Fsp3) is 0.538. The average molecular weight is 504 g/mol. The lowest BCUT2D eigenvalue weighted by molar-refractivity contribution is -0.138. The van der Waals surface area contributed by atoms with E-state index in [1.54, 1.807) is 25.7 Å². The first-order chi connectivity index (χ1) is 17.1. The number of hydrogen-bond acceptors (Lipinski definition) is 5. The molecule has 0 spiro atoms. The summed E-state index contributed by atoms with van der Waals surface area (Å²) in [5.74, 6) is -1.88. The Balaban J connectivity index is 1.70. The van der Waals surface area contributed by atoms with Crippen molar-refractivity contribution in [1.29, 1.82) is 0 Å². The number of aromatic nitrogens is 2. The molecule has 0 aliphatic carbocycles. The molecule has 3 rings (SSSR count). The van der Waals surface area contributed by atoms with Crippen molar-refractivity contribution in [2.45, 2.75) is 71.5 Å². The molecule has 3 atom stereocenters. The van der Waals surface area contributed by atoms with Gasteiger partial charge in [0, 0.05) is 30.1 Å². The zero-order chi connectivity index (χ0) is 26.4. The van der Waals surface area contributed by atoms with Gasteiger partial charge in [-0.2, -0.15) is 0 Å². The molecule has 2 heterocycles. The van der Waals surface area contributed by atoms with Crippen LogP contribution in [0.4, 0.5) is 8.78 Å². The van der Waals surface area contributed by atoms with Crippen LogP contribution in [0.5, 0.6) is 0 Å². The highest BCUT2D eigenvalue weighted by Gasteiger charge is 2.30. The number of nitrogens with zero attached hydrogens (tertiary/aromatic N) is 2. The lowest BCUT2D eigenvalue weighted by Crippen LogP contribution is -2.51. The highest BCUT2D eigenvalue weighted by atomic mass is 19.1. The van der Waals surface area contributed by atoms with Gasteiger partial charge in [0.1, 0.15) is 23.2 Å². The summed E-state index contributed by atoms with van der Waals surface area (Å²) < 4.78 is 27.4. The lowest BCUT2D eigenvalue weighted by Gasteiger charge is -2.34. The summed E-state index contributed by atoms with van der Waals surface area (Å²) in [7, 11) is 0. The monoisotopic (exact) mass is 503 g/mol. The topological polar surface area (TPSA) is 107 Å². The predicted molar refractivity (Wildman–Crippen MR) is 132 cm³/mol. The second-order valence-electron chi connectivity index (χ2n) is 9.73. The second kappa shape index (κ2) is 12.2. The molecular weight excluding hydrogens is 468 g/mol. The number of halogens is 2. The number of benzene rings is 1. The number of ketones is 1. The van der Waals surface area contributed by atoms with E-state index >= 15 is 0 Å². The number of carbonyl (C=O) groups is 3. The van der Waals surface area contributed by atoms with Gasteiger partial charge in [-0.3, -0.25) is 19.7 Å². The molecule has 1 aliphatic heterocycles. The standard InChI is InChI=1S/C26H35F2N5O3/c1-15(2)23(34)14-29-21(12-24(35)33-10-6-5-7-16(33)3)26(36)31-17(4)25-30-13-22(32-25)19-9-8-18(27)11-20(19)28/h8-9,11,13,15-17,21,29H,5-7,10,12,14H2,1-4H3,(H,30,32)(H,31,36)/t16?,17-,21?/m0/s1. The SMILES string of the molecule is CC(C)C(=O)CNC(CC(=O)N1CCCCC1C)C(=O)N[C@@H](C)c1ncc(-c2ccc(F)cc2F)[nH]1. The summed E-state index contributed by atoms with van der Waals surface area (Å²) in [6, 6.07) is 1.86. The molecule has 36 heavy (non-hydrogen) atoms. The summed E-state index contributed by atoms with van der Waals surface area (Å²) in [6.45, 7) is 7.89. The van der Waals surface area contributed by atoms with E-state index in [4.69, 9.17) is 0 Å². The minimum absolute atomic E-state index is 0.0261. The Labute approximate surface area is 210 Å². The smallest absolute Gasteiger partial charge is 0.238 e. The molecule has 1 saturated heterocycles. The van der Waals surface area contributed by atoms with E-state index in [1.165, 1.54) is 12.3 Å². The molecule has 1 aromatic carbocycles. The summed E-state index contributed by atoms with van der Waals surface area (Å²) in [6.07, 6.45) is 4.26. The molecule has 1 aromatic heterocycles. The van der Waals surface area contributed by atoms with Gasteiger partial charge in [0.25, 0.3) is 0 Å². The normalized spacial score (nSPS) is 17.6. The van der Waals surface area contributed by atoms with Crippen molar-refractivity contribution < 1.29 is 23.2 Å². The summed E-state index contributed by atoms with van der Waals surface area (Å²) >= 11 is 0. The van der Waals surface area contributed by atoms with Crippen LogP contribution >= 0.6 is 0 Å². The first-order valence-corrected chi connectivity index (χ1v) is 12.4. The molecule has 2 amide bonds. The first-order valence-electron chi connectivity index (χ1n) is 12.4. The van der Waals surface area contributed by atoms with E-state index in [9.17, 15) is 23.2 Å². The maximum Gasteiger partial charge on any atom is 0.238 e. The number of rotatable bonds is 10. The second-order valence-corrected chi connectivity index (χ2v) is 9.73. The number of Topliss-reactive ketones (excluding diaryl/α,β-unsaturated/α-hetero) is 1. The Morgan fingerprint density at radius 2 is 1.94 bits per heavy atom. The lowest BCUT2D eigenvalue weighted by atomic mass is 10.0. The van der Waals surface area contributed by atoms with Crippen LogP contribution in [0.25, 0.3) is 11.3 Å². The molecule has 3 N–H and O–H groups in total. The van der Waals surface area contributed by atoms with Gasteiger partial charge < -0.3 is 15.2 Å². The van der Waals surface area contributed by atoms with Crippen LogP contribution in [0.3, 0.4) is 0 Å². The Hall–Kier alpha value is -3.14. The number of piperidine rings is 1. The molecule has 2 unspecified atom stereocenters. The van der Waals surface area contributed by atoms with Crippen molar-refractivity contribution in [2.24, 2.45) is 5.92 Å². The molecule has 0 saturated carbocycles. The third-order valence-electron chi connectivity index (χ3n) is 6.57. The minimum atomic E-state index is -0.902. The highest BCUT2D eigenvalue weighted by Crippen LogP contribution is 2.23. The van der Waals surface area contributed by atoms with Gasteiger partial charge in [0.05, 0.1) is 36.9 Å². The molecular formula is C26H35F2N5O3. The van der Waals surface area contributed by atoms with Crippen molar-refractivity contribution in [1.82, 2.24) is 25.5 Å². The summed E-state index contributed by atoms with van der Waals surface area (Å²) in [5.41, 5.74) is 0.497. The number of likely N-dealkylation sites (tertiary alicyclic amines) is 1. The van der Waals surface area contributed by atoms with Gasteiger partial charge in [0.2, 0.25) is 11.8 Å². The van der Waals surface area contributed by atoms with Gasteiger partial charge in [0.15, 0.2) is 0 Å². The van der Waals surface area contributed by atoms with Gasteiger partial charge >= 0.3 is 0 Å². The van der Waals surface area contributed by atoms with Crippen LogP contribution in [0, 0.1) is 17.6 Å². The van der Waals surface area contributed by atoms with Gasteiger partial charge in [-0.05, 0) is 45.2 Å². The maximum absolute atomic E-state index is 14.1. The Kier molecular flexibility index (Phi) is 9.31. The van der Waals surface area contributed by atoms with Crippen LogP contribution < -0.4 is 10.6 Å². The average Bonchev–Trinajstić information content (AvgIpc) is 3.31. The van der Waals surface area contributed by atoms with Crippen molar-refractivity contribution in [3.63, 3.8) is 0 Å². The third kappa shape index (κ3) is 6.96. The Morgan fingerprint density at radius 3 is 2.61 bits per heavy atom. The van der Waals surface area contributed by atoms with Gasteiger partial charge in [-0.25, -0.2) is 13.8 Å². The van der Waals surface area contributed by atoms with Crippen LogP contribution in [0.2, 0.25) is 0 Å². The molecule has 196 valence electrons. The number of nitrogens with one attached hydrogen (secondary N) is 3. The molecule has 8 nitrogen and oxygen atoms in total. The molecule has 1 fully saturated rings. The van der Waals surface area contributed by atoms with E-state index in [1.807, 2.05) is 6.92 Å². The first kappa shape index (κ1) is 27.4. The van der Waals surface area contributed by atoms with E-state index in [0.717, 1.165) is 31.4 Å². The van der Waals surface area contributed by atoms with Crippen molar-refractivity contribution >= 4 is 17.6 Å². The fourth-order valence-electron chi connectivity index (χ4n) is 4.23. The Bertz CT molecular complexity index is 1090. The Morgan fingerprint density at radius 1 is 1.19 bits per heavy atom. The highest BCUT2D eigenvalue weighted by molar-refractivity contribution is 5.90. The zero-order valence-corrected chi connectivity index (χ0v) is 21.2. The largest absolute Gasteiger partial charge is 0.345 e. The fourth-order valence-corrected chi connectivity index (χ4v) is 4.23. The number of hydrogen-bond donors (Lipinski definition) is 3. The molecule has 1 aliphatic rings. The quantitative estimate of drug-likeness (QED) is 0.460. The van der Waals surface area contributed by atoms with Crippen LogP contribution in [0.15, 0.2) is 24.4 Å². The number of aromatic amines is 1. The van der Waals surface area contributed by atoms with Crippen molar-refractivity contribution in [2.75, 3.05) is 13.1 Å². The van der Waals surface area contributed by atoms with Gasteiger partial charge in [-0.15, -0.1) is 0 Å². The van der Waals surface area contributed by atoms with E-state index in [2.05, 4.69) is 20.6 Å². The van der Waals surface area contributed by atoms with Crippen molar-refractivity contribution in [3.8, 4) is 11.3 Å². The van der Waals surface area contributed by atoms with E-state index in [0.29, 0.717) is 18.1 Å². The molecule has 2 aromatic rings. The van der Waals surface area contributed by atoms with Crippen LogP contribution in [-0.4, -0.2) is 57.6 Å². The number of carbonyl (C=O) groups excluding carboxylic acids is 3.